The fourth-order valence-corrected chi connectivity index (χ4v) is 2.69. The lowest BCUT2D eigenvalue weighted by Crippen LogP contribution is -2.26. The summed E-state index contributed by atoms with van der Waals surface area (Å²) in [7, 11) is 0. The van der Waals surface area contributed by atoms with Crippen molar-refractivity contribution in [1.82, 2.24) is 0 Å². The molecule has 0 unspecified atom stereocenters. The maximum absolute atomic E-state index is 10.2. The number of ether oxygens (including phenoxy) is 1. The zero-order valence-electron chi connectivity index (χ0n) is 12.0. The van der Waals surface area contributed by atoms with Crippen LogP contribution in [0.3, 0.4) is 0 Å². The number of hydrogen-bond donors (Lipinski definition) is 2. The lowest BCUT2D eigenvalue weighted by Gasteiger charge is -2.31. The van der Waals surface area contributed by atoms with E-state index in [1.165, 1.54) is 6.42 Å². The molecule has 1 aliphatic carbocycles. The first-order chi connectivity index (χ1) is 10.2. The van der Waals surface area contributed by atoms with E-state index in [0.29, 0.717) is 18.3 Å². The molecule has 1 atom stereocenters. The first kappa shape index (κ1) is 14.0. The van der Waals surface area contributed by atoms with E-state index in [-0.39, 0.29) is 11.8 Å². The maximum atomic E-state index is 10.2. The van der Waals surface area contributed by atoms with Crippen LogP contribution in [0.25, 0.3) is 0 Å². The molecule has 1 saturated carbocycles. The third-order valence-corrected chi connectivity index (χ3v) is 4.27. The molecule has 1 aliphatic rings. The van der Waals surface area contributed by atoms with E-state index >= 15 is 0 Å². The summed E-state index contributed by atoms with van der Waals surface area (Å²) in [5.41, 5.74) is 8.15. The van der Waals surface area contributed by atoms with Crippen molar-refractivity contribution in [3.63, 3.8) is 0 Å². The van der Waals surface area contributed by atoms with E-state index in [4.69, 9.17) is 10.5 Å². The highest BCUT2D eigenvalue weighted by Crippen LogP contribution is 2.39. The van der Waals surface area contributed by atoms with Crippen molar-refractivity contribution in [2.75, 3.05) is 0 Å². The van der Waals surface area contributed by atoms with E-state index in [2.05, 4.69) is 0 Å². The Labute approximate surface area is 125 Å². The highest BCUT2D eigenvalue weighted by atomic mass is 16.5. The Morgan fingerprint density at radius 2 is 1.90 bits per heavy atom. The summed E-state index contributed by atoms with van der Waals surface area (Å²) in [4.78, 5) is 0. The Morgan fingerprint density at radius 3 is 2.52 bits per heavy atom. The highest BCUT2D eigenvalue weighted by molar-refractivity contribution is 5.41. The van der Waals surface area contributed by atoms with E-state index in [9.17, 15) is 5.11 Å². The van der Waals surface area contributed by atoms with E-state index in [1.54, 1.807) is 6.07 Å². The molecule has 1 fully saturated rings. The molecule has 0 radical (unpaired) electrons. The van der Waals surface area contributed by atoms with Crippen molar-refractivity contribution in [3.8, 4) is 11.5 Å². The molecule has 0 bridgehead atoms. The number of benzene rings is 2. The predicted octanol–water partition coefficient (Wildman–Crippen LogP) is 3.77. The first-order valence-electron chi connectivity index (χ1n) is 7.49. The van der Waals surface area contributed by atoms with Crippen molar-refractivity contribution in [2.45, 2.75) is 31.9 Å². The van der Waals surface area contributed by atoms with Gasteiger partial charge in [0.1, 0.15) is 18.1 Å². The zero-order chi connectivity index (χ0) is 14.7. The monoisotopic (exact) mass is 283 g/mol. The van der Waals surface area contributed by atoms with Crippen LogP contribution < -0.4 is 10.5 Å². The van der Waals surface area contributed by atoms with Gasteiger partial charge in [-0.05, 0) is 30.4 Å². The molecule has 3 nitrogen and oxygen atoms in total. The second-order valence-electron chi connectivity index (χ2n) is 5.71. The highest BCUT2D eigenvalue weighted by Gasteiger charge is 2.27. The third-order valence-electron chi connectivity index (χ3n) is 4.27. The molecule has 0 aliphatic heterocycles. The molecule has 0 saturated heterocycles. The fraction of sp³-hybridized carbons (Fsp3) is 0.333. The number of hydrogen-bond acceptors (Lipinski definition) is 3. The van der Waals surface area contributed by atoms with Gasteiger partial charge in [-0.2, -0.15) is 0 Å². The molecule has 21 heavy (non-hydrogen) atoms. The molecule has 110 valence electrons. The van der Waals surface area contributed by atoms with E-state index in [1.807, 2.05) is 42.5 Å². The summed E-state index contributed by atoms with van der Waals surface area (Å²) in [6, 6.07) is 15.3. The van der Waals surface area contributed by atoms with Gasteiger partial charge >= 0.3 is 0 Å². The van der Waals surface area contributed by atoms with Crippen LogP contribution in [0.5, 0.6) is 11.5 Å². The molecule has 0 spiro atoms. The largest absolute Gasteiger partial charge is 0.507 e. The molecule has 0 amide bonds. The smallest absolute Gasteiger partial charge is 0.124 e. The Balaban J connectivity index is 1.66. The van der Waals surface area contributed by atoms with Crippen LogP contribution >= 0.6 is 0 Å². The minimum atomic E-state index is -0.0677. The van der Waals surface area contributed by atoms with Crippen molar-refractivity contribution in [2.24, 2.45) is 11.7 Å². The normalized spacial score (nSPS) is 16.2. The van der Waals surface area contributed by atoms with Gasteiger partial charge < -0.3 is 15.6 Å². The van der Waals surface area contributed by atoms with Gasteiger partial charge in [0.25, 0.3) is 0 Å². The van der Waals surface area contributed by atoms with Gasteiger partial charge in [-0.1, -0.05) is 42.8 Å². The Kier molecular flexibility index (Phi) is 4.11. The van der Waals surface area contributed by atoms with Gasteiger partial charge in [0.15, 0.2) is 0 Å². The van der Waals surface area contributed by atoms with Crippen LogP contribution in [0, 0.1) is 5.92 Å². The lowest BCUT2D eigenvalue weighted by molar-refractivity contribution is 0.259. The lowest BCUT2D eigenvalue weighted by atomic mass is 9.77. The Hall–Kier alpha value is -2.00. The first-order valence-corrected chi connectivity index (χ1v) is 7.49. The van der Waals surface area contributed by atoms with Crippen LogP contribution in [0.15, 0.2) is 48.5 Å². The molecule has 0 heterocycles. The van der Waals surface area contributed by atoms with Gasteiger partial charge in [-0.25, -0.2) is 0 Å². The quantitative estimate of drug-likeness (QED) is 0.878. The maximum Gasteiger partial charge on any atom is 0.124 e. The molecule has 2 aromatic rings. The topological polar surface area (TPSA) is 55.5 Å². The number of phenolic OH excluding ortho intramolecular Hbond substituents is 1. The summed E-state index contributed by atoms with van der Waals surface area (Å²) < 4.78 is 5.71. The standard InChI is InChI=1S/C18H21NO2/c19-18(14-7-4-8-14)16-10-9-15(11-17(16)20)21-12-13-5-2-1-3-6-13/h1-3,5-6,9-11,14,18,20H,4,7-8,12,19H2/t18-/m1/s1. The molecule has 3 heteroatoms. The molecular weight excluding hydrogens is 262 g/mol. The average molecular weight is 283 g/mol. The van der Waals surface area contributed by atoms with Crippen LogP contribution in [0.4, 0.5) is 0 Å². The molecular formula is C18H21NO2. The van der Waals surface area contributed by atoms with E-state index in [0.717, 1.165) is 24.0 Å². The Bertz CT molecular complexity index is 593. The van der Waals surface area contributed by atoms with Gasteiger partial charge in [-0.3, -0.25) is 0 Å². The van der Waals surface area contributed by atoms with Crippen LogP contribution in [-0.4, -0.2) is 5.11 Å². The Morgan fingerprint density at radius 1 is 1.14 bits per heavy atom. The second-order valence-corrected chi connectivity index (χ2v) is 5.71. The van der Waals surface area contributed by atoms with Gasteiger partial charge in [-0.15, -0.1) is 0 Å². The zero-order valence-corrected chi connectivity index (χ0v) is 12.0. The number of phenols is 1. The predicted molar refractivity (Wildman–Crippen MR) is 83.2 cm³/mol. The third kappa shape index (κ3) is 3.19. The summed E-state index contributed by atoms with van der Waals surface area (Å²) in [5.74, 6) is 1.41. The van der Waals surface area contributed by atoms with Crippen molar-refractivity contribution < 1.29 is 9.84 Å². The van der Waals surface area contributed by atoms with Crippen LogP contribution in [0.2, 0.25) is 0 Å². The van der Waals surface area contributed by atoms with E-state index < -0.39 is 0 Å². The van der Waals surface area contributed by atoms with Gasteiger partial charge in [0, 0.05) is 17.7 Å². The van der Waals surface area contributed by atoms with Crippen molar-refractivity contribution in [3.05, 3.63) is 59.7 Å². The number of rotatable bonds is 5. The van der Waals surface area contributed by atoms with Crippen LogP contribution in [0.1, 0.15) is 36.4 Å². The number of aromatic hydroxyl groups is 1. The number of nitrogens with two attached hydrogens (primary N) is 1. The average Bonchev–Trinajstić information content (AvgIpc) is 2.44. The summed E-state index contributed by atoms with van der Waals surface area (Å²) in [6.45, 7) is 0.494. The minimum absolute atomic E-state index is 0.0677. The molecule has 2 aromatic carbocycles. The van der Waals surface area contributed by atoms with Gasteiger partial charge in [0.05, 0.1) is 0 Å². The fourth-order valence-electron chi connectivity index (χ4n) is 2.69. The summed E-state index contributed by atoms with van der Waals surface area (Å²) in [6.07, 6.45) is 3.57. The molecule has 3 N–H and O–H groups in total. The minimum Gasteiger partial charge on any atom is -0.507 e. The molecule has 3 rings (SSSR count). The van der Waals surface area contributed by atoms with Crippen LogP contribution in [-0.2, 0) is 6.61 Å². The van der Waals surface area contributed by atoms with Gasteiger partial charge in [0.2, 0.25) is 0 Å². The second kappa shape index (κ2) is 6.19. The van der Waals surface area contributed by atoms with Crippen molar-refractivity contribution >= 4 is 0 Å². The summed E-state index contributed by atoms with van der Waals surface area (Å²) in [5, 5.41) is 10.2. The molecule has 0 aromatic heterocycles. The van der Waals surface area contributed by atoms with Crippen molar-refractivity contribution in [1.29, 1.82) is 0 Å². The summed E-state index contributed by atoms with van der Waals surface area (Å²) >= 11 is 0. The SMILES string of the molecule is N[C@@H](c1ccc(OCc2ccccc2)cc1O)C1CCC1.